The molecule has 0 aromatic heterocycles. The topological polar surface area (TPSA) is 9.23 Å². The molecule has 1 aliphatic rings. The molecule has 0 bridgehead atoms. The summed E-state index contributed by atoms with van der Waals surface area (Å²) in [6.45, 7) is 6.27. The number of ether oxygens (including phenoxy) is 1. The maximum Gasteiger partial charge on any atom is 0.201 e. The molecule has 0 spiro atoms. The molecule has 0 heterocycles. The Morgan fingerprint density at radius 3 is 1.92 bits per heavy atom. The van der Waals surface area contributed by atoms with E-state index in [4.69, 9.17) is 4.74 Å². The molecule has 0 N–H and O–H groups in total. The van der Waals surface area contributed by atoms with Gasteiger partial charge in [0, 0.05) is 11.1 Å². The van der Waals surface area contributed by atoms with E-state index < -0.39 is 23.3 Å². The summed E-state index contributed by atoms with van der Waals surface area (Å²) in [4.78, 5) is 0. The molecule has 3 aromatic rings. The maximum atomic E-state index is 15.1. The van der Waals surface area contributed by atoms with Gasteiger partial charge in [0.15, 0.2) is 23.2 Å². The van der Waals surface area contributed by atoms with Crippen LogP contribution in [-0.2, 0) is 0 Å². The minimum Gasteiger partial charge on any atom is -0.490 e. The molecule has 1 saturated carbocycles. The van der Waals surface area contributed by atoms with Crippen molar-refractivity contribution in [3.8, 4) is 28.0 Å². The zero-order valence-electron chi connectivity index (χ0n) is 21.3. The van der Waals surface area contributed by atoms with Gasteiger partial charge in [-0.2, -0.15) is 4.39 Å². The zero-order valence-corrected chi connectivity index (χ0v) is 21.3. The predicted octanol–water partition coefficient (Wildman–Crippen LogP) is 10.00. The highest BCUT2D eigenvalue weighted by Gasteiger charge is 2.25. The summed E-state index contributed by atoms with van der Waals surface area (Å²) in [7, 11) is 0. The smallest absolute Gasteiger partial charge is 0.201 e. The van der Waals surface area contributed by atoms with Gasteiger partial charge in [0.2, 0.25) is 5.82 Å². The van der Waals surface area contributed by atoms with Crippen LogP contribution in [0.4, 0.5) is 17.6 Å². The molecule has 0 amide bonds. The van der Waals surface area contributed by atoms with Crippen LogP contribution >= 0.6 is 0 Å². The van der Waals surface area contributed by atoms with Crippen molar-refractivity contribution in [1.82, 2.24) is 0 Å². The fourth-order valence-corrected chi connectivity index (χ4v) is 5.18. The predicted molar refractivity (Wildman–Crippen MR) is 142 cm³/mol. The maximum absolute atomic E-state index is 15.1. The van der Waals surface area contributed by atoms with Crippen LogP contribution in [0.1, 0.15) is 69.8 Å². The van der Waals surface area contributed by atoms with Crippen molar-refractivity contribution >= 4 is 0 Å². The second-order valence-electron chi connectivity index (χ2n) is 9.90. The lowest BCUT2D eigenvalue weighted by atomic mass is 9.78. The Morgan fingerprint density at radius 1 is 0.730 bits per heavy atom. The van der Waals surface area contributed by atoms with Gasteiger partial charge in [-0.05, 0) is 72.8 Å². The van der Waals surface area contributed by atoms with E-state index in [1.165, 1.54) is 12.1 Å². The Balaban J connectivity index is 1.49. The first-order valence-electron chi connectivity index (χ1n) is 13.3. The van der Waals surface area contributed by atoms with Gasteiger partial charge >= 0.3 is 0 Å². The van der Waals surface area contributed by atoms with E-state index in [-0.39, 0.29) is 22.8 Å². The highest BCUT2D eigenvalue weighted by atomic mass is 19.2. The van der Waals surface area contributed by atoms with Crippen molar-refractivity contribution < 1.29 is 22.3 Å². The van der Waals surface area contributed by atoms with Gasteiger partial charge in [-0.15, -0.1) is 6.58 Å². The molecule has 0 atom stereocenters. The summed E-state index contributed by atoms with van der Waals surface area (Å²) in [5.41, 5.74) is 1.55. The molecule has 1 nitrogen and oxygen atoms in total. The Morgan fingerprint density at radius 2 is 1.32 bits per heavy atom. The molecule has 0 unspecified atom stereocenters. The van der Waals surface area contributed by atoms with Crippen molar-refractivity contribution in [3.63, 3.8) is 0 Å². The number of hydrogen-bond donors (Lipinski definition) is 0. The number of hydrogen-bond acceptors (Lipinski definition) is 1. The van der Waals surface area contributed by atoms with Crippen LogP contribution in [-0.4, -0.2) is 6.61 Å². The van der Waals surface area contributed by atoms with Crippen molar-refractivity contribution in [1.29, 1.82) is 0 Å². The van der Waals surface area contributed by atoms with E-state index in [9.17, 15) is 8.78 Å². The van der Waals surface area contributed by atoms with Crippen LogP contribution in [0.2, 0.25) is 0 Å². The number of allylic oxidation sites excluding steroid dienone is 1. The summed E-state index contributed by atoms with van der Waals surface area (Å²) in [5.74, 6) is -3.36. The molecular weight excluding hydrogens is 476 g/mol. The van der Waals surface area contributed by atoms with Crippen LogP contribution in [0, 0.1) is 29.2 Å². The third-order valence-corrected chi connectivity index (χ3v) is 7.47. The highest BCUT2D eigenvalue weighted by molar-refractivity contribution is 5.72. The highest BCUT2D eigenvalue weighted by Crippen LogP contribution is 2.39. The molecule has 1 fully saturated rings. The van der Waals surface area contributed by atoms with Crippen molar-refractivity contribution in [3.05, 3.63) is 90.0 Å². The lowest BCUT2D eigenvalue weighted by Crippen LogP contribution is -2.13. The van der Waals surface area contributed by atoms with Gasteiger partial charge in [-0.3, -0.25) is 0 Å². The summed E-state index contributed by atoms with van der Waals surface area (Å²) < 4.78 is 65.0. The first kappa shape index (κ1) is 27.0. The average molecular weight is 511 g/mol. The first-order valence-corrected chi connectivity index (χ1v) is 13.3. The Bertz CT molecular complexity index is 1210. The van der Waals surface area contributed by atoms with Gasteiger partial charge in [0.1, 0.15) is 0 Å². The second-order valence-corrected chi connectivity index (χ2v) is 9.90. The average Bonchev–Trinajstić information content (AvgIpc) is 2.93. The number of rotatable bonds is 10. The zero-order chi connectivity index (χ0) is 26.4. The van der Waals surface area contributed by atoms with Crippen molar-refractivity contribution in [2.45, 2.75) is 64.2 Å². The van der Waals surface area contributed by atoms with Crippen LogP contribution in [0.3, 0.4) is 0 Å². The van der Waals surface area contributed by atoms with Gasteiger partial charge in [-0.1, -0.05) is 68.7 Å². The lowest BCUT2D eigenvalue weighted by molar-refractivity contribution is 0.285. The van der Waals surface area contributed by atoms with Crippen molar-refractivity contribution in [2.75, 3.05) is 6.61 Å². The summed E-state index contributed by atoms with van der Waals surface area (Å²) in [6.07, 6.45) is 9.36. The van der Waals surface area contributed by atoms with E-state index in [1.54, 1.807) is 36.4 Å². The summed E-state index contributed by atoms with van der Waals surface area (Å²) in [6, 6.07) is 12.5. The molecule has 0 aliphatic heterocycles. The fraction of sp³-hybridized carbons (Fsp3) is 0.375. The molecule has 3 aromatic carbocycles. The van der Waals surface area contributed by atoms with Gasteiger partial charge in [0.25, 0.3) is 0 Å². The van der Waals surface area contributed by atoms with Crippen LogP contribution in [0.15, 0.2) is 61.2 Å². The Hall–Kier alpha value is -3.08. The largest absolute Gasteiger partial charge is 0.490 e. The van der Waals surface area contributed by atoms with Gasteiger partial charge < -0.3 is 4.74 Å². The van der Waals surface area contributed by atoms with E-state index in [2.05, 4.69) is 13.5 Å². The van der Waals surface area contributed by atoms with Gasteiger partial charge in [-0.25, -0.2) is 13.2 Å². The minimum absolute atomic E-state index is 0.00305. The summed E-state index contributed by atoms with van der Waals surface area (Å²) in [5, 5.41) is 0. The van der Waals surface area contributed by atoms with Gasteiger partial charge in [0.05, 0.1) is 6.61 Å². The normalized spacial score (nSPS) is 17.5. The second kappa shape index (κ2) is 12.4. The Labute approximate surface area is 217 Å². The van der Waals surface area contributed by atoms with E-state index in [0.29, 0.717) is 29.2 Å². The SMILES string of the molecule is C=CC1CCC(c2ccc(-c3ccc(-c4ccc(OCCCCCC)c(F)c4F)cc3)c(F)c2F)CC1. The Kier molecular flexibility index (Phi) is 9.07. The van der Waals surface area contributed by atoms with Crippen molar-refractivity contribution in [2.24, 2.45) is 5.92 Å². The molecule has 1 aliphatic carbocycles. The molecule has 196 valence electrons. The molecule has 37 heavy (non-hydrogen) atoms. The van der Waals surface area contributed by atoms with Crippen LogP contribution in [0.25, 0.3) is 22.3 Å². The number of halogens is 4. The number of unbranched alkanes of at least 4 members (excludes halogenated alkanes) is 3. The fourth-order valence-electron chi connectivity index (χ4n) is 5.18. The molecule has 5 heteroatoms. The van der Waals surface area contributed by atoms with Crippen LogP contribution < -0.4 is 4.74 Å². The van der Waals surface area contributed by atoms with E-state index in [1.807, 2.05) is 6.08 Å². The minimum atomic E-state index is -1.03. The molecular formula is C32H34F4O. The standard InChI is InChI=1S/C32H34F4O/c1-3-5-6-7-20-37-28-19-18-27(31(35)32(28)36)24-14-12-23(13-15-24)26-17-16-25(29(33)30(26)34)22-10-8-21(4-2)9-11-22/h4,12-19,21-22H,2-3,5-11,20H2,1H3. The first-order chi connectivity index (χ1) is 17.9. The number of benzene rings is 3. The molecule has 0 radical (unpaired) electrons. The summed E-state index contributed by atoms with van der Waals surface area (Å²) >= 11 is 0. The van der Waals surface area contributed by atoms with Crippen LogP contribution in [0.5, 0.6) is 5.75 Å². The molecule has 0 saturated heterocycles. The third-order valence-electron chi connectivity index (χ3n) is 7.47. The molecule has 4 rings (SSSR count). The third kappa shape index (κ3) is 6.08. The quantitative estimate of drug-likeness (QED) is 0.150. The van der Waals surface area contributed by atoms with E-state index in [0.717, 1.165) is 51.4 Å². The monoisotopic (exact) mass is 510 g/mol. The lowest BCUT2D eigenvalue weighted by Gasteiger charge is -2.27. The van der Waals surface area contributed by atoms with E-state index >= 15 is 8.78 Å².